The summed E-state index contributed by atoms with van der Waals surface area (Å²) < 4.78 is 0. The molecule has 2 amide bonds. The van der Waals surface area contributed by atoms with Gasteiger partial charge in [-0.15, -0.1) is 0 Å². The molecule has 0 aliphatic carbocycles. The number of hydrogen-bond donors (Lipinski definition) is 2. The second-order valence-corrected chi connectivity index (χ2v) is 7.25. The van der Waals surface area contributed by atoms with E-state index < -0.39 is 6.04 Å². The maximum Gasteiger partial charge on any atom is 0.251 e. The molecule has 2 rings (SSSR count). The zero-order chi connectivity index (χ0) is 19.1. The number of rotatable bonds is 7. The summed E-state index contributed by atoms with van der Waals surface area (Å²) in [6.45, 7) is 4.26. The summed E-state index contributed by atoms with van der Waals surface area (Å²) >= 11 is 11.8. The molecule has 0 bridgehead atoms. The van der Waals surface area contributed by atoms with Gasteiger partial charge in [-0.05, 0) is 54.3 Å². The van der Waals surface area contributed by atoms with Crippen LogP contribution in [0.1, 0.15) is 29.8 Å². The molecule has 138 valence electrons. The molecular formula is C20H22Cl2N2O2. The highest BCUT2D eigenvalue weighted by Crippen LogP contribution is 2.12. The summed E-state index contributed by atoms with van der Waals surface area (Å²) in [7, 11) is 0. The van der Waals surface area contributed by atoms with Gasteiger partial charge < -0.3 is 10.6 Å². The highest BCUT2D eigenvalue weighted by atomic mass is 35.5. The van der Waals surface area contributed by atoms with Gasteiger partial charge in [-0.25, -0.2) is 0 Å². The molecule has 0 aliphatic heterocycles. The van der Waals surface area contributed by atoms with Gasteiger partial charge >= 0.3 is 0 Å². The Kier molecular flexibility index (Phi) is 7.49. The van der Waals surface area contributed by atoms with Crippen LogP contribution in [0.2, 0.25) is 10.0 Å². The summed E-state index contributed by atoms with van der Waals surface area (Å²) in [5.41, 5.74) is 1.51. The van der Waals surface area contributed by atoms with E-state index in [1.54, 1.807) is 24.3 Å². The third kappa shape index (κ3) is 6.04. The molecule has 1 unspecified atom stereocenters. The lowest BCUT2D eigenvalue weighted by Crippen LogP contribution is -2.50. The number of amides is 2. The van der Waals surface area contributed by atoms with E-state index in [0.29, 0.717) is 28.6 Å². The Labute approximate surface area is 163 Å². The van der Waals surface area contributed by atoms with Crippen LogP contribution in [0.3, 0.4) is 0 Å². The van der Waals surface area contributed by atoms with Crippen molar-refractivity contribution in [3.8, 4) is 0 Å². The first-order chi connectivity index (χ1) is 12.4. The first-order valence-electron chi connectivity index (χ1n) is 8.45. The molecular weight excluding hydrogens is 371 g/mol. The Morgan fingerprint density at radius 2 is 1.69 bits per heavy atom. The zero-order valence-electron chi connectivity index (χ0n) is 14.8. The van der Waals surface area contributed by atoms with Crippen LogP contribution < -0.4 is 10.6 Å². The quantitative estimate of drug-likeness (QED) is 0.744. The van der Waals surface area contributed by atoms with E-state index in [2.05, 4.69) is 10.6 Å². The number of nitrogens with one attached hydrogen (secondary N) is 2. The van der Waals surface area contributed by atoms with Gasteiger partial charge in [0.15, 0.2) is 0 Å². The molecule has 0 aliphatic rings. The van der Waals surface area contributed by atoms with E-state index >= 15 is 0 Å². The molecule has 0 fully saturated rings. The molecule has 0 spiro atoms. The molecule has 6 heteroatoms. The van der Waals surface area contributed by atoms with Gasteiger partial charge in [0.2, 0.25) is 5.91 Å². The minimum Gasteiger partial charge on any atom is -0.354 e. The summed E-state index contributed by atoms with van der Waals surface area (Å²) in [5.74, 6) is -0.549. The van der Waals surface area contributed by atoms with Crippen molar-refractivity contribution < 1.29 is 9.59 Å². The molecule has 0 saturated carbocycles. The number of carbonyl (C=O) groups is 2. The van der Waals surface area contributed by atoms with E-state index in [1.165, 1.54) is 0 Å². The first-order valence-corrected chi connectivity index (χ1v) is 9.21. The Morgan fingerprint density at radius 1 is 1.00 bits per heavy atom. The minimum absolute atomic E-state index is 0.0441. The third-order valence-electron chi connectivity index (χ3n) is 3.94. The average molecular weight is 393 g/mol. The predicted molar refractivity (Wildman–Crippen MR) is 106 cm³/mol. The van der Waals surface area contributed by atoms with Crippen LogP contribution in [0.5, 0.6) is 0 Å². The van der Waals surface area contributed by atoms with Crippen LogP contribution in [-0.2, 0) is 11.2 Å². The van der Waals surface area contributed by atoms with E-state index in [1.807, 2.05) is 38.1 Å². The van der Waals surface area contributed by atoms with Gasteiger partial charge in [0.1, 0.15) is 6.04 Å². The largest absolute Gasteiger partial charge is 0.354 e. The number of carbonyl (C=O) groups excluding carboxylic acids is 2. The highest BCUT2D eigenvalue weighted by molar-refractivity contribution is 6.30. The zero-order valence-corrected chi connectivity index (χ0v) is 16.3. The van der Waals surface area contributed by atoms with Crippen molar-refractivity contribution in [2.45, 2.75) is 26.3 Å². The van der Waals surface area contributed by atoms with E-state index in [-0.39, 0.29) is 17.7 Å². The van der Waals surface area contributed by atoms with E-state index in [9.17, 15) is 9.59 Å². The average Bonchev–Trinajstić information content (AvgIpc) is 2.59. The standard InChI is InChI=1S/C20H22Cl2N2O2/c1-13(2)18(24-19(25)15-6-8-16(21)9-7-15)20(26)23-11-10-14-4-3-5-17(22)12-14/h3-9,12-13,18H,10-11H2,1-2H3,(H,23,26)(H,24,25). The summed E-state index contributed by atoms with van der Waals surface area (Å²) in [4.78, 5) is 24.8. The SMILES string of the molecule is CC(C)C(NC(=O)c1ccc(Cl)cc1)C(=O)NCCc1cccc(Cl)c1. The van der Waals surface area contributed by atoms with Crippen molar-refractivity contribution in [2.75, 3.05) is 6.54 Å². The van der Waals surface area contributed by atoms with Crippen LogP contribution in [0.15, 0.2) is 48.5 Å². The predicted octanol–water partition coefficient (Wildman–Crippen LogP) is 4.11. The third-order valence-corrected chi connectivity index (χ3v) is 4.43. The Bertz CT molecular complexity index is 761. The van der Waals surface area contributed by atoms with E-state index in [0.717, 1.165) is 5.56 Å². The van der Waals surface area contributed by atoms with Crippen LogP contribution in [0, 0.1) is 5.92 Å². The van der Waals surface area contributed by atoms with Crippen LogP contribution in [-0.4, -0.2) is 24.4 Å². The Morgan fingerprint density at radius 3 is 2.31 bits per heavy atom. The van der Waals surface area contributed by atoms with Gasteiger partial charge in [-0.3, -0.25) is 9.59 Å². The Balaban J connectivity index is 1.92. The van der Waals surface area contributed by atoms with Crippen molar-refractivity contribution in [3.05, 3.63) is 69.7 Å². The van der Waals surface area contributed by atoms with Crippen molar-refractivity contribution >= 4 is 35.0 Å². The number of halogens is 2. The summed E-state index contributed by atoms with van der Waals surface area (Å²) in [6.07, 6.45) is 0.669. The fourth-order valence-electron chi connectivity index (χ4n) is 2.49. The van der Waals surface area contributed by atoms with Gasteiger partial charge in [0.05, 0.1) is 0 Å². The van der Waals surface area contributed by atoms with Crippen molar-refractivity contribution in [1.29, 1.82) is 0 Å². The lowest BCUT2D eigenvalue weighted by Gasteiger charge is -2.22. The summed E-state index contributed by atoms with van der Waals surface area (Å²) in [5, 5.41) is 6.90. The molecule has 2 N–H and O–H groups in total. The van der Waals surface area contributed by atoms with E-state index in [4.69, 9.17) is 23.2 Å². The van der Waals surface area contributed by atoms with Crippen LogP contribution >= 0.6 is 23.2 Å². The highest BCUT2D eigenvalue weighted by Gasteiger charge is 2.24. The minimum atomic E-state index is -0.613. The fraction of sp³-hybridized carbons (Fsp3) is 0.300. The molecule has 0 saturated heterocycles. The van der Waals surface area contributed by atoms with Crippen molar-refractivity contribution in [3.63, 3.8) is 0 Å². The van der Waals surface area contributed by atoms with Crippen molar-refractivity contribution in [2.24, 2.45) is 5.92 Å². The second kappa shape index (κ2) is 9.60. The van der Waals surface area contributed by atoms with Gasteiger partial charge in [0.25, 0.3) is 5.91 Å². The fourth-order valence-corrected chi connectivity index (χ4v) is 2.83. The summed E-state index contributed by atoms with van der Waals surface area (Å²) in [6, 6.07) is 13.5. The molecule has 26 heavy (non-hydrogen) atoms. The molecule has 2 aromatic carbocycles. The van der Waals surface area contributed by atoms with Gasteiger partial charge in [-0.1, -0.05) is 49.2 Å². The number of hydrogen-bond acceptors (Lipinski definition) is 2. The first kappa shape index (κ1) is 20.3. The monoisotopic (exact) mass is 392 g/mol. The maximum atomic E-state index is 12.5. The number of benzene rings is 2. The lowest BCUT2D eigenvalue weighted by molar-refractivity contribution is -0.123. The van der Waals surface area contributed by atoms with Crippen LogP contribution in [0.25, 0.3) is 0 Å². The topological polar surface area (TPSA) is 58.2 Å². The van der Waals surface area contributed by atoms with Gasteiger partial charge in [0, 0.05) is 22.2 Å². The molecule has 0 aromatic heterocycles. The lowest BCUT2D eigenvalue weighted by atomic mass is 10.0. The molecule has 1 atom stereocenters. The van der Waals surface area contributed by atoms with Gasteiger partial charge in [-0.2, -0.15) is 0 Å². The Hall–Kier alpha value is -2.04. The smallest absolute Gasteiger partial charge is 0.251 e. The molecule has 2 aromatic rings. The molecule has 0 radical (unpaired) electrons. The second-order valence-electron chi connectivity index (χ2n) is 6.37. The van der Waals surface area contributed by atoms with Crippen LogP contribution in [0.4, 0.5) is 0 Å². The maximum absolute atomic E-state index is 12.5. The molecule has 4 nitrogen and oxygen atoms in total. The molecule has 0 heterocycles. The normalized spacial score (nSPS) is 11.9. The van der Waals surface area contributed by atoms with Crippen molar-refractivity contribution in [1.82, 2.24) is 10.6 Å².